The number of hydrogen-bond donors (Lipinski definition) is 1. The molecular formula is C14H23NOS. The minimum Gasteiger partial charge on any atom is -0.493 e. The molecule has 0 saturated heterocycles. The van der Waals surface area contributed by atoms with Gasteiger partial charge in [-0.3, -0.25) is 0 Å². The molecule has 3 heteroatoms. The number of hydrogen-bond acceptors (Lipinski definition) is 2. The molecule has 17 heavy (non-hydrogen) atoms. The van der Waals surface area contributed by atoms with Crippen LogP contribution in [0.1, 0.15) is 43.9 Å². The Labute approximate surface area is 111 Å². The van der Waals surface area contributed by atoms with Crippen molar-refractivity contribution >= 4 is 13.5 Å². The zero-order valence-electron chi connectivity index (χ0n) is 10.7. The van der Waals surface area contributed by atoms with Gasteiger partial charge in [-0.2, -0.15) is 13.5 Å². The first-order chi connectivity index (χ1) is 7.70. The van der Waals surface area contributed by atoms with Crippen molar-refractivity contribution in [1.82, 2.24) is 0 Å². The Bertz CT molecular complexity index is 361. The van der Waals surface area contributed by atoms with Crippen molar-refractivity contribution in [2.24, 2.45) is 11.7 Å². The summed E-state index contributed by atoms with van der Waals surface area (Å²) >= 11 is 0. The topological polar surface area (TPSA) is 35.2 Å². The van der Waals surface area contributed by atoms with Crippen molar-refractivity contribution in [3.8, 4) is 5.75 Å². The van der Waals surface area contributed by atoms with E-state index in [1.807, 2.05) is 6.92 Å². The van der Waals surface area contributed by atoms with Crippen LogP contribution < -0.4 is 10.5 Å². The minimum atomic E-state index is 0. The standard InChI is InChI=1S/C14H21NO.H2S/c1-3-12-6-7-13(10(2)15)8-14(12)16-9-11-4-5-11;/h6-8,10-11H,3-5,9,15H2,1-2H3;1H2/t10-;/m0./s1. The Hall–Kier alpha value is -0.670. The van der Waals surface area contributed by atoms with Gasteiger partial charge < -0.3 is 10.5 Å². The van der Waals surface area contributed by atoms with Crippen LogP contribution in [0.25, 0.3) is 0 Å². The average Bonchev–Trinajstić information content (AvgIpc) is 3.09. The molecule has 0 bridgehead atoms. The Kier molecular flexibility index (Phi) is 5.34. The molecule has 2 nitrogen and oxygen atoms in total. The molecule has 0 aromatic heterocycles. The van der Waals surface area contributed by atoms with E-state index in [9.17, 15) is 0 Å². The van der Waals surface area contributed by atoms with Crippen LogP contribution in [0.5, 0.6) is 5.75 Å². The molecule has 2 N–H and O–H groups in total. The predicted molar refractivity (Wildman–Crippen MR) is 77.0 cm³/mol. The largest absolute Gasteiger partial charge is 0.493 e. The van der Waals surface area contributed by atoms with Crippen LogP contribution in [0, 0.1) is 5.92 Å². The quantitative estimate of drug-likeness (QED) is 0.875. The van der Waals surface area contributed by atoms with E-state index in [0.717, 1.165) is 30.3 Å². The summed E-state index contributed by atoms with van der Waals surface area (Å²) in [6.07, 6.45) is 3.67. The summed E-state index contributed by atoms with van der Waals surface area (Å²) in [5.41, 5.74) is 8.32. The molecule has 1 aromatic carbocycles. The van der Waals surface area contributed by atoms with Gasteiger partial charge in [0.05, 0.1) is 6.61 Å². The molecule has 1 aromatic rings. The van der Waals surface area contributed by atoms with Gasteiger partial charge in [0.2, 0.25) is 0 Å². The second kappa shape index (κ2) is 6.31. The maximum Gasteiger partial charge on any atom is 0.122 e. The minimum absolute atomic E-state index is 0. The Morgan fingerprint density at radius 1 is 1.41 bits per heavy atom. The van der Waals surface area contributed by atoms with Crippen LogP contribution in [0.3, 0.4) is 0 Å². The molecule has 1 aliphatic rings. The average molecular weight is 253 g/mol. The van der Waals surface area contributed by atoms with Gasteiger partial charge >= 0.3 is 0 Å². The Balaban J connectivity index is 0.00000144. The van der Waals surface area contributed by atoms with Crippen LogP contribution in [0.15, 0.2) is 18.2 Å². The third-order valence-corrected chi connectivity index (χ3v) is 3.17. The maximum absolute atomic E-state index is 5.89. The van der Waals surface area contributed by atoms with E-state index in [0.29, 0.717) is 0 Å². The lowest BCUT2D eigenvalue weighted by Gasteiger charge is -2.13. The SMILES string of the molecule is CCc1ccc([C@H](C)N)cc1OCC1CC1.S. The molecule has 0 spiro atoms. The summed E-state index contributed by atoms with van der Waals surface area (Å²) in [7, 11) is 0. The van der Waals surface area contributed by atoms with Crippen molar-refractivity contribution in [3.05, 3.63) is 29.3 Å². The lowest BCUT2D eigenvalue weighted by atomic mass is 10.0. The monoisotopic (exact) mass is 253 g/mol. The second-order valence-electron chi connectivity index (χ2n) is 4.76. The van der Waals surface area contributed by atoms with Crippen LogP contribution in [-0.4, -0.2) is 6.61 Å². The highest BCUT2D eigenvalue weighted by Gasteiger charge is 2.22. The van der Waals surface area contributed by atoms with E-state index in [-0.39, 0.29) is 19.5 Å². The van der Waals surface area contributed by atoms with Gasteiger partial charge in [0.1, 0.15) is 5.75 Å². The predicted octanol–water partition coefficient (Wildman–Crippen LogP) is 3.17. The molecular weight excluding hydrogens is 230 g/mol. The molecule has 0 radical (unpaired) electrons. The van der Waals surface area contributed by atoms with Gasteiger partial charge in [-0.25, -0.2) is 0 Å². The molecule has 0 heterocycles. The van der Waals surface area contributed by atoms with E-state index in [1.54, 1.807) is 0 Å². The molecule has 0 aliphatic heterocycles. The Morgan fingerprint density at radius 3 is 2.65 bits per heavy atom. The van der Waals surface area contributed by atoms with Crippen molar-refractivity contribution in [3.63, 3.8) is 0 Å². The fourth-order valence-electron chi connectivity index (χ4n) is 1.77. The molecule has 2 rings (SSSR count). The number of ether oxygens (including phenoxy) is 1. The number of aryl methyl sites for hydroxylation is 1. The molecule has 0 amide bonds. The van der Waals surface area contributed by atoms with Gasteiger partial charge in [-0.15, -0.1) is 0 Å². The van der Waals surface area contributed by atoms with E-state index < -0.39 is 0 Å². The number of benzene rings is 1. The van der Waals surface area contributed by atoms with E-state index in [2.05, 4.69) is 25.1 Å². The third kappa shape index (κ3) is 3.93. The fourth-order valence-corrected chi connectivity index (χ4v) is 1.77. The van der Waals surface area contributed by atoms with Gasteiger partial charge in [-0.1, -0.05) is 19.1 Å². The normalized spacial score (nSPS) is 16.2. The zero-order chi connectivity index (χ0) is 11.5. The van der Waals surface area contributed by atoms with Crippen LogP contribution in [0.2, 0.25) is 0 Å². The van der Waals surface area contributed by atoms with Crippen molar-refractivity contribution in [2.75, 3.05) is 6.61 Å². The summed E-state index contributed by atoms with van der Waals surface area (Å²) in [4.78, 5) is 0. The van der Waals surface area contributed by atoms with Crippen molar-refractivity contribution < 1.29 is 4.74 Å². The van der Waals surface area contributed by atoms with Gasteiger partial charge in [0, 0.05) is 6.04 Å². The summed E-state index contributed by atoms with van der Waals surface area (Å²) in [6.45, 7) is 5.03. The highest BCUT2D eigenvalue weighted by atomic mass is 32.1. The number of rotatable bonds is 5. The van der Waals surface area contributed by atoms with Crippen LogP contribution >= 0.6 is 13.5 Å². The summed E-state index contributed by atoms with van der Waals surface area (Å²) in [6, 6.07) is 6.43. The van der Waals surface area contributed by atoms with Crippen LogP contribution in [0.4, 0.5) is 0 Å². The smallest absolute Gasteiger partial charge is 0.122 e. The summed E-state index contributed by atoms with van der Waals surface area (Å²) < 4.78 is 5.89. The summed E-state index contributed by atoms with van der Waals surface area (Å²) in [5, 5.41) is 0. The molecule has 1 fully saturated rings. The molecule has 0 unspecified atom stereocenters. The first-order valence-electron chi connectivity index (χ1n) is 6.22. The van der Waals surface area contributed by atoms with Gasteiger partial charge in [-0.05, 0) is 49.3 Å². The maximum atomic E-state index is 5.89. The van der Waals surface area contributed by atoms with E-state index in [1.165, 1.54) is 18.4 Å². The first kappa shape index (κ1) is 14.4. The van der Waals surface area contributed by atoms with Gasteiger partial charge in [0.25, 0.3) is 0 Å². The van der Waals surface area contributed by atoms with Crippen molar-refractivity contribution in [2.45, 2.75) is 39.2 Å². The van der Waals surface area contributed by atoms with Crippen LogP contribution in [-0.2, 0) is 6.42 Å². The highest BCUT2D eigenvalue weighted by Crippen LogP contribution is 2.31. The third-order valence-electron chi connectivity index (χ3n) is 3.17. The lowest BCUT2D eigenvalue weighted by Crippen LogP contribution is -2.07. The highest BCUT2D eigenvalue weighted by molar-refractivity contribution is 7.59. The summed E-state index contributed by atoms with van der Waals surface area (Å²) in [5.74, 6) is 1.83. The Morgan fingerprint density at radius 2 is 2.12 bits per heavy atom. The lowest BCUT2D eigenvalue weighted by molar-refractivity contribution is 0.296. The van der Waals surface area contributed by atoms with Gasteiger partial charge in [0.15, 0.2) is 0 Å². The molecule has 1 aliphatic carbocycles. The first-order valence-corrected chi connectivity index (χ1v) is 6.22. The van der Waals surface area contributed by atoms with Crippen molar-refractivity contribution in [1.29, 1.82) is 0 Å². The zero-order valence-corrected chi connectivity index (χ0v) is 11.7. The van der Waals surface area contributed by atoms with E-state index >= 15 is 0 Å². The second-order valence-corrected chi connectivity index (χ2v) is 4.76. The molecule has 1 atom stereocenters. The molecule has 1 saturated carbocycles. The van der Waals surface area contributed by atoms with E-state index in [4.69, 9.17) is 10.5 Å². The number of nitrogens with two attached hydrogens (primary N) is 1. The fraction of sp³-hybridized carbons (Fsp3) is 0.571. The molecule has 96 valence electrons.